The van der Waals surface area contributed by atoms with Crippen LogP contribution in [0.25, 0.3) is 5.57 Å². The van der Waals surface area contributed by atoms with Crippen LogP contribution in [-0.4, -0.2) is 75.6 Å². The summed E-state index contributed by atoms with van der Waals surface area (Å²) in [6.07, 6.45) is 8.57. The highest BCUT2D eigenvalue weighted by atomic mass is 16.2. The molecule has 2 atom stereocenters. The summed E-state index contributed by atoms with van der Waals surface area (Å²) in [5, 5.41) is 11.1. The third kappa shape index (κ3) is 5.63. The fourth-order valence-electron chi connectivity index (χ4n) is 6.10. The summed E-state index contributed by atoms with van der Waals surface area (Å²) in [6.45, 7) is 11.1. The van der Waals surface area contributed by atoms with Gasteiger partial charge in [-0.05, 0) is 83.8 Å². The number of piperidine rings is 1. The van der Waals surface area contributed by atoms with Gasteiger partial charge in [-0.2, -0.15) is 5.10 Å². The maximum absolute atomic E-state index is 13.5. The number of carbonyl (C=O) groups excluding carboxylic acids is 2. The standard InChI is InChI=1S/C30H41N7O3/c1-18(2)37-27-25(16-32-37)23(28(38)31-15-24-19(3)13-20(4)33-29(24)39)14-26(34-27)21-8-11-36(12-9-21)30(40)22-7-6-10-35(5)17-22/h8,13-14,16,18,22,26,34H,6-7,9-12,15,17H2,1-5H3,(H,31,38)(H,33,39). The van der Waals surface area contributed by atoms with E-state index >= 15 is 0 Å². The van der Waals surface area contributed by atoms with Crippen LogP contribution in [0.15, 0.2) is 34.8 Å². The summed E-state index contributed by atoms with van der Waals surface area (Å²) < 4.78 is 1.90. The molecule has 5 rings (SSSR count). The van der Waals surface area contributed by atoms with Crippen LogP contribution in [0.4, 0.5) is 5.82 Å². The van der Waals surface area contributed by atoms with Gasteiger partial charge in [-0.3, -0.25) is 14.4 Å². The van der Waals surface area contributed by atoms with Gasteiger partial charge < -0.3 is 25.4 Å². The Morgan fingerprint density at radius 3 is 2.70 bits per heavy atom. The summed E-state index contributed by atoms with van der Waals surface area (Å²) >= 11 is 0. The van der Waals surface area contributed by atoms with E-state index in [-0.39, 0.29) is 41.9 Å². The molecular weight excluding hydrogens is 506 g/mol. The lowest BCUT2D eigenvalue weighted by Gasteiger charge is -2.36. The Morgan fingerprint density at radius 1 is 1.23 bits per heavy atom. The monoisotopic (exact) mass is 547 g/mol. The van der Waals surface area contributed by atoms with Crippen LogP contribution in [0.3, 0.4) is 0 Å². The molecule has 5 heterocycles. The number of aryl methyl sites for hydroxylation is 2. The Kier molecular flexibility index (Phi) is 7.98. The van der Waals surface area contributed by atoms with Crippen LogP contribution < -0.4 is 16.2 Å². The summed E-state index contributed by atoms with van der Waals surface area (Å²) in [5.74, 6) is 0.881. The average Bonchev–Trinajstić information content (AvgIpc) is 3.36. The van der Waals surface area contributed by atoms with Crippen molar-refractivity contribution in [1.29, 1.82) is 0 Å². The van der Waals surface area contributed by atoms with Gasteiger partial charge >= 0.3 is 0 Å². The van der Waals surface area contributed by atoms with Crippen molar-refractivity contribution in [3.8, 4) is 0 Å². The summed E-state index contributed by atoms with van der Waals surface area (Å²) in [5.41, 5.74) is 4.44. The fourth-order valence-corrected chi connectivity index (χ4v) is 6.10. The van der Waals surface area contributed by atoms with Crippen LogP contribution in [0, 0.1) is 19.8 Å². The van der Waals surface area contributed by atoms with Gasteiger partial charge in [0.2, 0.25) is 5.91 Å². The summed E-state index contributed by atoms with van der Waals surface area (Å²) in [6, 6.07) is 1.82. The van der Waals surface area contributed by atoms with Gasteiger partial charge in [0.15, 0.2) is 0 Å². The number of pyridine rings is 1. The molecular formula is C30H41N7O3. The SMILES string of the molecule is Cc1cc(C)c(CNC(=O)C2=CC(C3=CCN(C(=O)C4CCCN(C)C4)CC3)Nc3c2cnn3C(C)C)c(=O)[nH]1. The first kappa shape index (κ1) is 27.9. The maximum Gasteiger partial charge on any atom is 0.253 e. The lowest BCUT2D eigenvalue weighted by atomic mass is 9.91. The van der Waals surface area contributed by atoms with Crippen molar-refractivity contribution in [2.45, 2.75) is 65.6 Å². The van der Waals surface area contributed by atoms with Crippen molar-refractivity contribution < 1.29 is 9.59 Å². The molecule has 0 aromatic carbocycles. The van der Waals surface area contributed by atoms with Crippen molar-refractivity contribution in [2.75, 3.05) is 38.5 Å². The second-order valence-electron chi connectivity index (χ2n) is 11.7. The molecule has 2 aromatic rings. The highest BCUT2D eigenvalue weighted by molar-refractivity contribution is 6.21. The lowest BCUT2D eigenvalue weighted by Crippen LogP contribution is -2.45. The fraction of sp³-hybridized carbons (Fsp3) is 0.533. The Balaban J connectivity index is 1.36. The minimum Gasteiger partial charge on any atom is -0.360 e. The summed E-state index contributed by atoms with van der Waals surface area (Å²) in [7, 11) is 2.08. The number of hydrogen-bond acceptors (Lipinski definition) is 6. The van der Waals surface area contributed by atoms with E-state index in [1.54, 1.807) is 6.20 Å². The molecule has 0 radical (unpaired) electrons. The topological polar surface area (TPSA) is 115 Å². The van der Waals surface area contributed by atoms with Gasteiger partial charge in [0.25, 0.3) is 11.5 Å². The number of nitrogens with zero attached hydrogens (tertiary/aromatic N) is 4. The van der Waals surface area contributed by atoms with Gasteiger partial charge in [0, 0.05) is 49.0 Å². The molecule has 3 aliphatic heterocycles. The van der Waals surface area contributed by atoms with E-state index in [1.165, 1.54) is 0 Å². The van der Waals surface area contributed by atoms with E-state index in [4.69, 9.17) is 0 Å². The third-order valence-electron chi connectivity index (χ3n) is 8.29. The number of likely N-dealkylation sites (tertiary alicyclic amines) is 1. The highest BCUT2D eigenvalue weighted by Gasteiger charge is 2.32. The molecule has 0 spiro atoms. The van der Waals surface area contributed by atoms with Crippen molar-refractivity contribution in [3.05, 3.63) is 62.7 Å². The predicted molar refractivity (Wildman–Crippen MR) is 156 cm³/mol. The highest BCUT2D eigenvalue weighted by Crippen LogP contribution is 2.35. The molecule has 10 heteroatoms. The van der Waals surface area contributed by atoms with Crippen molar-refractivity contribution in [2.24, 2.45) is 5.92 Å². The van der Waals surface area contributed by atoms with Gasteiger partial charge in [0.05, 0.1) is 23.7 Å². The first-order valence-electron chi connectivity index (χ1n) is 14.3. The quantitative estimate of drug-likeness (QED) is 0.479. The number of hydrogen-bond donors (Lipinski definition) is 3. The van der Waals surface area contributed by atoms with Crippen LogP contribution in [0.5, 0.6) is 0 Å². The molecule has 214 valence electrons. The molecule has 3 N–H and O–H groups in total. The molecule has 1 fully saturated rings. The van der Waals surface area contributed by atoms with E-state index < -0.39 is 0 Å². The predicted octanol–water partition coefficient (Wildman–Crippen LogP) is 2.76. The van der Waals surface area contributed by atoms with Gasteiger partial charge in [-0.1, -0.05) is 6.08 Å². The number of carbonyl (C=O) groups is 2. The lowest BCUT2D eigenvalue weighted by molar-refractivity contribution is -0.136. The Bertz CT molecular complexity index is 1420. The Labute approximate surface area is 235 Å². The van der Waals surface area contributed by atoms with Gasteiger partial charge in [-0.15, -0.1) is 0 Å². The summed E-state index contributed by atoms with van der Waals surface area (Å²) in [4.78, 5) is 46.2. The molecule has 3 aliphatic rings. The first-order chi connectivity index (χ1) is 19.1. The zero-order valence-electron chi connectivity index (χ0n) is 24.2. The Hall–Kier alpha value is -3.66. The van der Waals surface area contributed by atoms with Gasteiger partial charge in [-0.25, -0.2) is 4.68 Å². The second-order valence-corrected chi connectivity index (χ2v) is 11.7. The minimum atomic E-state index is -0.245. The molecule has 40 heavy (non-hydrogen) atoms. The van der Waals surface area contributed by atoms with Crippen molar-refractivity contribution in [3.63, 3.8) is 0 Å². The van der Waals surface area contributed by atoms with Crippen molar-refractivity contribution in [1.82, 2.24) is 29.9 Å². The van der Waals surface area contributed by atoms with Gasteiger partial charge in [0.1, 0.15) is 5.82 Å². The number of amides is 2. The first-order valence-corrected chi connectivity index (χ1v) is 14.3. The number of rotatable bonds is 6. The van der Waals surface area contributed by atoms with Crippen LogP contribution in [0.1, 0.15) is 61.5 Å². The molecule has 0 saturated carbocycles. The second kappa shape index (κ2) is 11.4. The van der Waals surface area contributed by atoms with Crippen LogP contribution in [0.2, 0.25) is 0 Å². The normalized spacial score (nSPS) is 21.4. The molecule has 10 nitrogen and oxygen atoms in total. The van der Waals surface area contributed by atoms with Crippen LogP contribution >= 0.6 is 0 Å². The third-order valence-corrected chi connectivity index (χ3v) is 8.29. The zero-order valence-corrected chi connectivity index (χ0v) is 24.2. The number of aromatic amines is 1. The number of aromatic nitrogens is 3. The molecule has 2 amide bonds. The molecule has 2 aromatic heterocycles. The number of H-pyrrole nitrogens is 1. The average molecular weight is 548 g/mol. The minimum absolute atomic E-state index is 0.0732. The van der Waals surface area contributed by atoms with Crippen molar-refractivity contribution >= 4 is 23.2 Å². The zero-order chi connectivity index (χ0) is 28.6. The van der Waals surface area contributed by atoms with E-state index in [2.05, 4.69) is 52.6 Å². The smallest absolute Gasteiger partial charge is 0.253 e. The van der Waals surface area contributed by atoms with E-state index in [0.717, 1.165) is 60.6 Å². The largest absolute Gasteiger partial charge is 0.360 e. The molecule has 2 unspecified atom stereocenters. The van der Waals surface area contributed by atoms with Crippen LogP contribution in [-0.2, 0) is 16.1 Å². The Morgan fingerprint density at radius 2 is 2.02 bits per heavy atom. The number of nitrogens with one attached hydrogen (secondary N) is 3. The van der Waals surface area contributed by atoms with E-state index in [0.29, 0.717) is 24.2 Å². The number of anilines is 1. The molecule has 0 bridgehead atoms. The number of fused-ring (bicyclic) bond motifs is 1. The van der Waals surface area contributed by atoms with E-state index in [1.807, 2.05) is 35.6 Å². The maximum atomic E-state index is 13.5. The van der Waals surface area contributed by atoms with E-state index in [9.17, 15) is 14.4 Å². The molecule has 1 saturated heterocycles. The molecule has 0 aliphatic carbocycles.